The van der Waals surface area contributed by atoms with Crippen molar-refractivity contribution in [3.63, 3.8) is 0 Å². The fourth-order valence-electron chi connectivity index (χ4n) is 4.02. The molecule has 3 rings (SSSR count). The molecule has 1 aliphatic rings. The molecule has 0 atom stereocenters. The molecule has 4 amide bonds. The Labute approximate surface area is 200 Å². The summed E-state index contributed by atoms with van der Waals surface area (Å²) in [6.45, 7) is 0. The van der Waals surface area contributed by atoms with Gasteiger partial charge in [0.1, 0.15) is 0 Å². The van der Waals surface area contributed by atoms with Gasteiger partial charge in [0.25, 0.3) is 11.8 Å². The van der Waals surface area contributed by atoms with Crippen LogP contribution in [0.15, 0.2) is 48.5 Å². The number of benzene rings is 2. The maximum Gasteiger partial charge on any atom is 0.253 e. The summed E-state index contributed by atoms with van der Waals surface area (Å²) < 4.78 is 0. The molecular formula is C26H32N4O4. The van der Waals surface area contributed by atoms with Crippen molar-refractivity contribution in [1.29, 1.82) is 0 Å². The van der Waals surface area contributed by atoms with Crippen LogP contribution in [0.1, 0.15) is 46.4 Å². The Kier molecular flexibility index (Phi) is 8.04. The van der Waals surface area contributed by atoms with Crippen LogP contribution in [0, 0.1) is 11.8 Å². The fourth-order valence-corrected chi connectivity index (χ4v) is 4.02. The van der Waals surface area contributed by atoms with E-state index < -0.39 is 0 Å². The number of carbonyl (C=O) groups excluding carboxylic acids is 4. The van der Waals surface area contributed by atoms with E-state index >= 15 is 0 Å². The molecule has 8 heteroatoms. The summed E-state index contributed by atoms with van der Waals surface area (Å²) in [4.78, 5) is 52.3. The molecule has 8 nitrogen and oxygen atoms in total. The number of nitrogens with zero attached hydrogens (tertiary/aromatic N) is 2. The normalized spacial score (nSPS) is 17.4. The van der Waals surface area contributed by atoms with Gasteiger partial charge in [-0.15, -0.1) is 0 Å². The van der Waals surface area contributed by atoms with Crippen molar-refractivity contribution in [1.82, 2.24) is 9.80 Å². The predicted octanol–water partition coefficient (Wildman–Crippen LogP) is 3.47. The number of hydrogen-bond donors (Lipinski definition) is 2. The Balaban J connectivity index is 1.48. The summed E-state index contributed by atoms with van der Waals surface area (Å²) in [6, 6.07) is 13.7. The van der Waals surface area contributed by atoms with Gasteiger partial charge < -0.3 is 20.4 Å². The molecule has 0 aromatic heterocycles. The first kappa shape index (κ1) is 25.0. The minimum absolute atomic E-state index is 0.0632. The van der Waals surface area contributed by atoms with Gasteiger partial charge in [0.2, 0.25) is 11.8 Å². The Bertz CT molecular complexity index is 952. The largest absolute Gasteiger partial charge is 0.345 e. The van der Waals surface area contributed by atoms with E-state index in [1.165, 1.54) is 9.80 Å². The SMILES string of the molecule is CN(C)C(=O)c1ccc(NC(=O)C2CCC(C(=O)Nc3ccc(C(=O)N(C)C)cc3)CC2)cc1. The zero-order chi connectivity index (χ0) is 24.8. The minimum atomic E-state index is -0.150. The molecule has 0 unspecified atom stereocenters. The molecule has 1 fully saturated rings. The smallest absolute Gasteiger partial charge is 0.253 e. The number of rotatable bonds is 6. The monoisotopic (exact) mass is 464 g/mol. The third-order valence-electron chi connectivity index (χ3n) is 6.08. The summed E-state index contributed by atoms with van der Waals surface area (Å²) in [7, 11) is 6.77. The Morgan fingerprint density at radius 1 is 0.588 bits per heavy atom. The summed E-state index contributed by atoms with van der Waals surface area (Å²) in [6.07, 6.45) is 2.55. The van der Waals surface area contributed by atoms with Crippen LogP contribution in [0.3, 0.4) is 0 Å². The average Bonchev–Trinajstić information content (AvgIpc) is 2.84. The topological polar surface area (TPSA) is 98.8 Å². The van der Waals surface area contributed by atoms with E-state index in [2.05, 4.69) is 10.6 Å². The lowest BCUT2D eigenvalue weighted by molar-refractivity contribution is -0.125. The van der Waals surface area contributed by atoms with Gasteiger partial charge >= 0.3 is 0 Å². The van der Waals surface area contributed by atoms with Crippen molar-refractivity contribution in [3.05, 3.63) is 59.7 Å². The van der Waals surface area contributed by atoms with Crippen molar-refractivity contribution in [2.24, 2.45) is 11.8 Å². The van der Waals surface area contributed by atoms with Crippen LogP contribution in [0.4, 0.5) is 11.4 Å². The van der Waals surface area contributed by atoms with Crippen LogP contribution >= 0.6 is 0 Å². The maximum absolute atomic E-state index is 12.7. The van der Waals surface area contributed by atoms with E-state index in [1.54, 1.807) is 76.7 Å². The number of nitrogens with one attached hydrogen (secondary N) is 2. The van der Waals surface area contributed by atoms with Gasteiger partial charge in [-0.3, -0.25) is 19.2 Å². The number of hydrogen-bond acceptors (Lipinski definition) is 4. The Morgan fingerprint density at radius 3 is 1.15 bits per heavy atom. The van der Waals surface area contributed by atoms with Crippen LogP contribution < -0.4 is 10.6 Å². The van der Waals surface area contributed by atoms with Crippen molar-refractivity contribution in [2.45, 2.75) is 25.7 Å². The van der Waals surface area contributed by atoms with Gasteiger partial charge in [0.15, 0.2) is 0 Å². The zero-order valence-corrected chi connectivity index (χ0v) is 20.1. The van der Waals surface area contributed by atoms with E-state index in [0.29, 0.717) is 48.2 Å². The van der Waals surface area contributed by atoms with Crippen LogP contribution in [0.5, 0.6) is 0 Å². The van der Waals surface area contributed by atoms with E-state index in [-0.39, 0.29) is 35.5 Å². The Morgan fingerprint density at radius 2 is 0.882 bits per heavy atom. The van der Waals surface area contributed by atoms with Crippen LogP contribution in [-0.4, -0.2) is 61.6 Å². The molecular weight excluding hydrogens is 432 g/mol. The van der Waals surface area contributed by atoms with Crippen LogP contribution in [0.25, 0.3) is 0 Å². The molecule has 0 saturated heterocycles. The molecule has 1 aliphatic carbocycles. The highest BCUT2D eigenvalue weighted by Crippen LogP contribution is 2.30. The molecule has 0 heterocycles. The third-order valence-corrected chi connectivity index (χ3v) is 6.08. The van der Waals surface area contributed by atoms with Gasteiger partial charge in [-0.1, -0.05) is 0 Å². The van der Waals surface area contributed by atoms with Gasteiger partial charge in [-0.05, 0) is 74.2 Å². The van der Waals surface area contributed by atoms with E-state index in [4.69, 9.17) is 0 Å². The van der Waals surface area contributed by atoms with Crippen molar-refractivity contribution >= 4 is 35.0 Å². The third kappa shape index (κ3) is 6.21. The van der Waals surface area contributed by atoms with Gasteiger partial charge in [0, 0.05) is 62.5 Å². The first-order valence-electron chi connectivity index (χ1n) is 11.4. The molecule has 0 bridgehead atoms. The maximum atomic E-state index is 12.7. The van der Waals surface area contributed by atoms with Crippen molar-refractivity contribution in [3.8, 4) is 0 Å². The molecule has 1 saturated carbocycles. The van der Waals surface area contributed by atoms with Crippen molar-refractivity contribution in [2.75, 3.05) is 38.8 Å². The molecule has 0 aliphatic heterocycles. The average molecular weight is 465 g/mol. The van der Waals surface area contributed by atoms with Gasteiger partial charge in [-0.25, -0.2) is 0 Å². The standard InChI is InChI=1S/C26H32N4O4/c1-29(2)25(33)19-9-13-21(14-10-19)27-23(31)17-5-7-18(8-6-17)24(32)28-22-15-11-20(12-16-22)26(34)30(3)4/h9-18H,5-8H2,1-4H3,(H,27,31)(H,28,32). The Hall–Kier alpha value is -3.68. The van der Waals surface area contributed by atoms with Crippen LogP contribution in [0.2, 0.25) is 0 Å². The lowest BCUT2D eigenvalue weighted by atomic mass is 9.81. The molecule has 0 spiro atoms. The predicted molar refractivity (Wildman–Crippen MR) is 132 cm³/mol. The molecule has 2 N–H and O–H groups in total. The second kappa shape index (κ2) is 11.0. The summed E-state index contributed by atoms with van der Waals surface area (Å²) in [5.41, 5.74) is 2.43. The van der Waals surface area contributed by atoms with E-state index in [9.17, 15) is 19.2 Å². The zero-order valence-electron chi connectivity index (χ0n) is 20.1. The quantitative estimate of drug-likeness (QED) is 0.684. The van der Waals surface area contributed by atoms with Gasteiger partial charge in [-0.2, -0.15) is 0 Å². The fraction of sp³-hybridized carbons (Fsp3) is 0.385. The van der Waals surface area contributed by atoms with Gasteiger partial charge in [0.05, 0.1) is 0 Å². The minimum Gasteiger partial charge on any atom is -0.345 e. The first-order valence-corrected chi connectivity index (χ1v) is 11.4. The highest BCUT2D eigenvalue weighted by molar-refractivity contribution is 5.97. The highest BCUT2D eigenvalue weighted by atomic mass is 16.2. The van der Waals surface area contributed by atoms with E-state index in [0.717, 1.165) is 0 Å². The molecule has 2 aromatic carbocycles. The summed E-state index contributed by atoms with van der Waals surface area (Å²) in [5.74, 6) is -0.606. The molecule has 34 heavy (non-hydrogen) atoms. The molecule has 2 aromatic rings. The molecule has 180 valence electrons. The lowest BCUT2D eigenvalue weighted by Gasteiger charge is -2.27. The number of carbonyl (C=O) groups is 4. The summed E-state index contributed by atoms with van der Waals surface area (Å²) in [5, 5.41) is 5.84. The van der Waals surface area contributed by atoms with Crippen molar-refractivity contribution < 1.29 is 19.2 Å². The van der Waals surface area contributed by atoms with Crippen LogP contribution in [-0.2, 0) is 9.59 Å². The second-order valence-electron chi connectivity index (χ2n) is 9.08. The highest BCUT2D eigenvalue weighted by Gasteiger charge is 2.30. The summed E-state index contributed by atoms with van der Waals surface area (Å²) >= 11 is 0. The number of anilines is 2. The number of amides is 4. The lowest BCUT2D eigenvalue weighted by Crippen LogP contribution is -2.32. The van der Waals surface area contributed by atoms with E-state index in [1.807, 2.05) is 0 Å². The molecule has 0 radical (unpaired) electrons. The second-order valence-corrected chi connectivity index (χ2v) is 9.08. The first-order chi connectivity index (χ1) is 16.2.